The lowest BCUT2D eigenvalue weighted by Crippen LogP contribution is -2.43. The van der Waals surface area contributed by atoms with E-state index >= 15 is 0 Å². The van der Waals surface area contributed by atoms with Crippen LogP contribution in [0, 0.1) is 0 Å². The van der Waals surface area contributed by atoms with Crippen LogP contribution in [0.4, 0.5) is 0 Å². The fraction of sp³-hybridized carbons (Fsp3) is 0.462. The summed E-state index contributed by atoms with van der Waals surface area (Å²) in [6.45, 7) is 2.06. The molecular weight excluding hydrogens is 216 g/mol. The van der Waals surface area contributed by atoms with Crippen molar-refractivity contribution in [2.75, 3.05) is 6.61 Å². The van der Waals surface area contributed by atoms with E-state index in [0.717, 1.165) is 6.42 Å². The molecule has 0 fully saturated rings. The van der Waals surface area contributed by atoms with Gasteiger partial charge in [-0.1, -0.05) is 30.3 Å². The molecule has 1 unspecified atom stereocenters. The lowest BCUT2D eigenvalue weighted by molar-refractivity contribution is -0.122. The SMILES string of the molecule is CC(Cc1ccccc1)NNC(=O)CCCO. The Labute approximate surface area is 102 Å². The van der Waals surface area contributed by atoms with E-state index in [1.807, 2.05) is 25.1 Å². The maximum Gasteiger partial charge on any atom is 0.234 e. The Hall–Kier alpha value is -1.39. The quantitative estimate of drug-likeness (QED) is 0.619. The van der Waals surface area contributed by atoms with Crippen molar-refractivity contribution < 1.29 is 9.90 Å². The number of carbonyl (C=O) groups is 1. The third kappa shape index (κ3) is 6.04. The second-order valence-corrected chi connectivity index (χ2v) is 4.11. The highest BCUT2D eigenvalue weighted by molar-refractivity contribution is 5.75. The van der Waals surface area contributed by atoms with E-state index in [-0.39, 0.29) is 18.6 Å². The van der Waals surface area contributed by atoms with Gasteiger partial charge in [-0.3, -0.25) is 10.2 Å². The molecule has 0 aliphatic rings. The Bertz CT molecular complexity index is 327. The zero-order chi connectivity index (χ0) is 12.5. The zero-order valence-electron chi connectivity index (χ0n) is 10.1. The first-order valence-corrected chi connectivity index (χ1v) is 5.91. The second kappa shape index (κ2) is 7.81. The van der Waals surface area contributed by atoms with Crippen LogP contribution >= 0.6 is 0 Å². The summed E-state index contributed by atoms with van der Waals surface area (Å²) in [5.74, 6) is -0.0843. The number of rotatable bonds is 7. The Morgan fingerprint density at radius 1 is 1.35 bits per heavy atom. The van der Waals surface area contributed by atoms with Crippen LogP contribution in [0.5, 0.6) is 0 Å². The molecule has 0 aliphatic carbocycles. The van der Waals surface area contributed by atoms with Gasteiger partial charge in [-0.15, -0.1) is 0 Å². The van der Waals surface area contributed by atoms with E-state index in [4.69, 9.17) is 5.11 Å². The molecule has 1 aromatic rings. The van der Waals surface area contributed by atoms with Gasteiger partial charge in [0.05, 0.1) is 0 Å². The summed E-state index contributed by atoms with van der Waals surface area (Å²) in [6.07, 6.45) is 1.71. The van der Waals surface area contributed by atoms with Gasteiger partial charge >= 0.3 is 0 Å². The van der Waals surface area contributed by atoms with Crippen molar-refractivity contribution >= 4 is 5.91 Å². The molecule has 4 heteroatoms. The molecule has 0 radical (unpaired) electrons. The molecule has 0 aliphatic heterocycles. The number of hydrogen-bond donors (Lipinski definition) is 3. The molecule has 17 heavy (non-hydrogen) atoms. The van der Waals surface area contributed by atoms with E-state index in [1.165, 1.54) is 5.56 Å². The third-order valence-electron chi connectivity index (χ3n) is 2.40. The van der Waals surface area contributed by atoms with Crippen LogP contribution in [0.3, 0.4) is 0 Å². The molecule has 3 N–H and O–H groups in total. The molecule has 1 aromatic carbocycles. The fourth-order valence-corrected chi connectivity index (χ4v) is 1.52. The zero-order valence-corrected chi connectivity index (χ0v) is 10.1. The molecular formula is C13H20N2O2. The molecule has 0 saturated heterocycles. The topological polar surface area (TPSA) is 61.4 Å². The van der Waals surface area contributed by atoms with Crippen molar-refractivity contribution in [1.29, 1.82) is 0 Å². The normalized spacial score (nSPS) is 12.1. The summed E-state index contributed by atoms with van der Waals surface area (Å²) in [5.41, 5.74) is 6.83. The lowest BCUT2D eigenvalue weighted by Gasteiger charge is -2.14. The van der Waals surface area contributed by atoms with Gasteiger partial charge in [-0.2, -0.15) is 0 Å². The van der Waals surface area contributed by atoms with E-state index in [1.54, 1.807) is 0 Å². The molecule has 1 rings (SSSR count). The Morgan fingerprint density at radius 3 is 2.71 bits per heavy atom. The number of hydrogen-bond acceptors (Lipinski definition) is 3. The molecule has 0 spiro atoms. The first-order valence-electron chi connectivity index (χ1n) is 5.91. The van der Waals surface area contributed by atoms with Crippen LogP contribution in [0.15, 0.2) is 30.3 Å². The van der Waals surface area contributed by atoms with Gasteiger partial charge in [-0.05, 0) is 25.3 Å². The van der Waals surface area contributed by atoms with Gasteiger partial charge in [0, 0.05) is 19.1 Å². The van der Waals surface area contributed by atoms with Crippen LogP contribution in [-0.4, -0.2) is 23.7 Å². The van der Waals surface area contributed by atoms with E-state index < -0.39 is 0 Å². The summed E-state index contributed by atoms with van der Waals surface area (Å²) in [6, 6.07) is 10.3. The van der Waals surface area contributed by atoms with Crippen molar-refractivity contribution in [3.63, 3.8) is 0 Å². The number of nitrogens with one attached hydrogen (secondary N) is 2. The van der Waals surface area contributed by atoms with Crippen LogP contribution in [0.1, 0.15) is 25.3 Å². The summed E-state index contributed by atoms with van der Waals surface area (Å²) < 4.78 is 0. The van der Waals surface area contributed by atoms with Gasteiger partial charge in [-0.25, -0.2) is 5.43 Å². The first kappa shape index (κ1) is 13.7. The minimum absolute atomic E-state index is 0.0486. The molecule has 0 bridgehead atoms. The van der Waals surface area contributed by atoms with E-state index in [9.17, 15) is 4.79 Å². The van der Waals surface area contributed by atoms with Crippen LogP contribution in [-0.2, 0) is 11.2 Å². The number of amides is 1. The number of benzene rings is 1. The number of carbonyl (C=O) groups excluding carboxylic acids is 1. The molecule has 1 amide bonds. The fourth-order valence-electron chi connectivity index (χ4n) is 1.52. The standard InChI is InChI=1S/C13H20N2O2/c1-11(10-12-6-3-2-4-7-12)14-15-13(17)8-5-9-16/h2-4,6-7,11,14,16H,5,8-10H2,1H3,(H,15,17). The smallest absolute Gasteiger partial charge is 0.234 e. The molecule has 94 valence electrons. The van der Waals surface area contributed by atoms with Crippen molar-refractivity contribution in [1.82, 2.24) is 10.9 Å². The van der Waals surface area contributed by atoms with Crippen molar-refractivity contribution in [2.45, 2.75) is 32.2 Å². The highest BCUT2D eigenvalue weighted by Gasteiger charge is 2.05. The second-order valence-electron chi connectivity index (χ2n) is 4.11. The largest absolute Gasteiger partial charge is 0.396 e. The monoisotopic (exact) mass is 236 g/mol. The van der Waals surface area contributed by atoms with Crippen LogP contribution < -0.4 is 10.9 Å². The Kier molecular flexibility index (Phi) is 6.29. The van der Waals surface area contributed by atoms with Gasteiger partial charge in [0.15, 0.2) is 0 Å². The van der Waals surface area contributed by atoms with Gasteiger partial charge < -0.3 is 5.11 Å². The number of aliphatic hydroxyl groups is 1. The number of hydrazine groups is 1. The van der Waals surface area contributed by atoms with Gasteiger partial charge in [0.25, 0.3) is 0 Å². The highest BCUT2D eigenvalue weighted by Crippen LogP contribution is 2.01. The maximum absolute atomic E-state index is 11.3. The predicted octanol–water partition coefficient (Wildman–Crippen LogP) is 1.01. The summed E-state index contributed by atoms with van der Waals surface area (Å²) in [4.78, 5) is 11.3. The summed E-state index contributed by atoms with van der Waals surface area (Å²) in [5, 5.41) is 8.59. The molecule has 0 aromatic heterocycles. The van der Waals surface area contributed by atoms with Gasteiger partial charge in [0.1, 0.15) is 0 Å². The average molecular weight is 236 g/mol. The Morgan fingerprint density at radius 2 is 2.06 bits per heavy atom. The maximum atomic E-state index is 11.3. The van der Waals surface area contributed by atoms with Crippen molar-refractivity contribution in [3.8, 4) is 0 Å². The number of aliphatic hydroxyl groups excluding tert-OH is 1. The lowest BCUT2D eigenvalue weighted by atomic mass is 10.1. The first-order chi connectivity index (χ1) is 8.22. The minimum Gasteiger partial charge on any atom is -0.396 e. The van der Waals surface area contributed by atoms with E-state index in [2.05, 4.69) is 23.0 Å². The van der Waals surface area contributed by atoms with Crippen LogP contribution in [0.2, 0.25) is 0 Å². The van der Waals surface area contributed by atoms with Gasteiger partial charge in [0.2, 0.25) is 5.91 Å². The summed E-state index contributed by atoms with van der Waals surface area (Å²) >= 11 is 0. The highest BCUT2D eigenvalue weighted by atomic mass is 16.3. The predicted molar refractivity (Wildman–Crippen MR) is 67.2 cm³/mol. The minimum atomic E-state index is -0.0843. The molecule has 1 atom stereocenters. The summed E-state index contributed by atoms with van der Waals surface area (Å²) in [7, 11) is 0. The van der Waals surface area contributed by atoms with Crippen molar-refractivity contribution in [3.05, 3.63) is 35.9 Å². The van der Waals surface area contributed by atoms with Crippen molar-refractivity contribution in [2.24, 2.45) is 0 Å². The van der Waals surface area contributed by atoms with E-state index in [0.29, 0.717) is 12.8 Å². The average Bonchev–Trinajstić information content (AvgIpc) is 2.35. The third-order valence-corrected chi connectivity index (χ3v) is 2.40. The Balaban J connectivity index is 2.21. The molecule has 4 nitrogen and oxygen atoms in total. The van der Waals surface area contributed by atoms with Crippen LogP contribution in [0.25, 0.3) is 0 Å². The molecule has 0 saturated carbocycles. The molecule has 0 heterocycles.